The lowest BCUT2D eigenvalue weighted by Crippen LogP contribution is -2.60. The molecule has 0 aromatic carbocycles. The van der Waals surface area contributed by atoms with Crippen molar-refractivity contribution in [2.75, 3.05) is 13.7 Å². The first kappa shape index (κ1) is 33.2. The van der Waals surface area contributed by atoms with Gasteiger partial charge < -0.3 is 30.2 Å². The number of carbonyl (C=O) groups is 2. The molecular formula is C35H59NO7. The highest BCUT2D eigenvalue weighted by Crippen LogP contribution is 2.89. The number of aliphatic hydroxyl groups is 2. The van der Waals surface area contributed by atoms with Gasteiger partial charge in [0, 0.05) is 24.9 Å². The molecule has 0 bridgehead atoms. The van der Waals surface area contributed by atoms with Gasteiger partial charge in [0.1, 0.15) is 6.10 Å². The molecule has 5 aliphatic rings. The molecular weight excluding hydrogens is 546 g/mol. The smallest absolute Gasteiger partial charge is 0.319 e. The molecule has 0 heterocycles. The summed E-state index contributed by atoms with van der Waals surface area (Å²) in [7, 11) is 1.62. The maximum Gasteiger partial charge on any atom is 0.319 e. The second kappa shape index (κ2) is 10.7. The van der Waals surface area contributed by atoms with Gasteiger partial charge in [-0.15, -0.1) is 0 Å². The number of hydrogen-bond acceptors (Lipinski definition) is 8. The minimum absolute atomic E-state index is 0.0360. The van der Waals surface area contributed by atoms with Crippen LogP contribution in [0.1, 0.15) is 113 Å². The zero-order chi connectivity index (χ0) is 32.0. The molecule has 0 saturated heterocycles. The molecule has 4 N–H and O–H groups in total. The first-order valence-electron chi connectivity index (χ1n) is 16.9. The fraction of sp³-hybridized carbons (Fsp3) is 0.943. The molecule has 0 aromatic rings. The molecule has 8 unspecified atom stereocenters. The van der Waals surface area contributed by atoms with Crippen LogP contribution >= 0.6 is 0 Å². The summed E-state index contributed by atoms with van der Waals surface area (Å²) in [5.41, 5.74) is 4.55. The maximum absolute atomic E-state index is 12.2. The first-order chi connectivity index (χ1) is 19.9. The predicted octanol–water partition coefficient (Wildman–Crippen LogP) is 5.01. The Bertz CT molecular complexity index is 1100. The highest BCUT2D eigenvalue weighted by Gasteiger charge is 2.83. The lowest BCUT2D eigenvalue weighted by atomic mass is 9.41. The predicted molar refractivity (Wildman–Crippen MR) is 164 cm³/mol. The fourth-order valence-corrected chi connectivity index (χ4v) is 12.4. The second-order valence-corrected chi connectivity index (χ2v) is 16.9. The molecule has 5 aliphatic carbocycles. The molecule has 8 nitrogen and oxygen atoms in total. The standard InChI is InChI=1S/C35H59NO7/c1-20(16-23(41-9)29(31(5,6)40)42-21(2)37)22-17-26(38)33(8)25-11-10-24-30(3,4)27(43-28(39)18-36)12-13-34(24)19-35(25,34)15-14-32(22,33)7/h20,22-27,29,38,40H,10-19,36H2,1-9H3/t20-,22?,23?,24+,25?,26+,27?,29?,32?,33-,34?,35?/m1/s1. The molecule has 246 valence electrons. The molecule has 2 spiro atoms. The van der Waals surface area contributed by atoms with Gasteiger partial charge in [0.2, 0.25) is 0 Å². The Kier molecular flexibility index (Phi) is 8.22. The number of carbonyl (C=O) groups excluding carboxylic acids is 2. The number of nitrogens with two attached hydrogens (primary N) is 1. The van der Waals surface area contributed by atoms with Gasteiger partial charge in [0.15, 0.2) is 6.10 Å². The highest BCUT2D eigenvalue weighted by atomic mass is 16.6. The van der Waals surface area contributed by atoms with Crippen LogP contribution in [-0.4, -0.2) is 65.8 Å². The van der Waals surface area contributed by atoms with E-state index < -0.39 is 23.8 Å². The summed E-state index contributed by atoms with van der Waals surface area (Å²) in [6, 6.07) is 0. The van der Waals surface area contributed by atoms with Crippen molar-refractivity contribution in [1.29, 1.82) is 0 Å². The lowest BCUT2D eigenvalue weighted by molar-refractivity contribution is -0.193. The van der Waals surface area contributed by atoms with Crippen LogP contribution in [0.2, 0.25) is 0 Å². The summed E-state index contributed by atoms with van der Waals surface area (Å²) in [6.45, 7) is 16.3. The van der Waals surface area contributed by atoms with Crippen molar-refractivity contribution in [3.8, 4) is 0 Å². The summed E-state index contributed by atoms with van der Waals surface area (Å²) < 4.78 is 17.4. The molecule has 0 radical (unpaired) electrons. The molecule has 0 amide bonds. The minimum Gasteiger partial charge on any atom is -0.461 e. The zero-order valence-corrected chi connectivity index (χ0v) is 28.2. The van der Waals surface area contributed by atoms with E-state index in [1.165, 1.54) is 19.8 Å². The molecule has 5 saturated carbocycles. The molecule has 5 rings (SSSR count). The number of hydrogen-bond donors (Lipinski definition) is 3. The first-order valence-corrected chi connectivity index (χ1v) is 16.9. The topological polar surface area (TPSA) is 128 Å². The highest BCUT2D eigenvalue weighted by molar-refractivity contribution is 5.71. The molecule has 43 heavy (non-hydrogen) atoms. The number of rotatable bonds is 9. The van der Waals surface area contributed by atoms with Crippen molar-refractivity contribution in [2.45, 2.75) is 143 Å². The van der Waals surface area contributed by atoms with Crippen LogP contribution in [0.3, 0.4) is 0 Å². The summed E-state index contributed by atoms with van der Waals surface area (Å²) >= 11 is 0. The zero-order valence-electron chi connectivity index (χ0n) is 28.2. The number of methoxy groups -OCH3 is 1. The van der Waals surface area contributed by atoms with Crippen LogP contribution in [-0.2, 0) is 23.8 Å². The van der Waals surface area contributed by atoms with Crippen LogP contribution in [0.4, 0.5) is 0 Å². The van der Waals surface area contributed by atoms with E-state index in [9.17, 15) is 19.8 Å². The van der Waals surface area contributed by atoms with Crippen LogP contribution in [0.15, 0.2) is 0 Å². The number of fused-ring (bicyclic) bond motifs is 2. The quantitative estimate of drug-likeness (QED) is 0.313. The van der Waals surface area contributed by atoms with Crippen LogP contribution in [0, 0.1) is 50.7 Å². The van der Waals surface area contributed by atoms with Gasteiger partial charge in [0.25, 0.3) is 0 Å². The van der Waals surface area contributed by atoms with Gasteiger partial charge in [0.05, 0.1) is 24.4 Å². The maximum atomic E-state index is 12.2. The van der Waals surface area contributed by atoms with E-state index in [0.717, 1.165) is 38.5 Å². The molecule has 5 fully saturated rings. The minimum atomic E-state index is -1.24. The molecule has 8 heteroatoms. The Hall–Kier alpha value is -1.22. The third-order valence-electron chi connectivity index (χ3n) is 14.5. The third kappa shape index (κ3) is 4.66. The molecule has 0 aliphatic heterocycles. The Balaban J connectivity index is 1.39. The Labute approximate surface area is 259 Å². The Morgan fingerprint density at radius 1 is 1.02 bits per heavy atom. The van der Waals surface area contributed by atoms with E-state index in [-0.39, 0.29) is 63.6 Å². The largest absolute Gasteiger partial charge is 0.461 e. The lowest BCUT2D eigenvalue weighted by Gasteiger charge is -2.64. The van der Waals surface area contributed by atoms with Crippen LogP contribution in [0.5, 0.6) is 0 Å². The normalized spacial score (nSPS) is 45.0. The van der Waals surface area contributed by atoms with Crippen molar-refractivity contribution in [3.63, 3.8) is 0 Å². The summed E-state index contributed by atoms with van der Waals surface area (Å²) in [5.74, 6) is 0.725. The van der Waals surface area contributed by atoms with Crippen LogP contribution in [0.25, 0.3) is 0 Å². The summed E-state index contributed by atoms with van der Waals surface area (Å²) in [5, 5.41) is 22.9. The van der Waals surface area contributed by atoms with Gasteiger partial charge in [-0.2, -0.15) is 0 Å². The van der Waals surface area contributed by atoms with E-state index in [0.29, 0.717) is 18.3 Å². The number of esters is 2. The Morgan fingerprint density at radius 2 is 1.65 bits per heavy atom. The van der Waals surface area contributed by atoms with Crippen LogP contribution < -0.4 is 5.73 Å². The van der Waals surface area contributed by atoms with E-state index in [2.05, 4.69) is 34.6 Å². The third-order valence-corrected chi connectivity index (χ3v) is 14.5. The number of ether oxygens (including phenoxy) is 3. The average molecular weight is 606 g/mol. The van der Waals surface area contributed by atoms with Crippen molar-refractivity contribution < 1.29 is 34.0 Å². The van der Waals surface area contributed by atoms with Gasteiger partial charge in [-0.25, -0.2) is 0 Å². The van der Waals surface area contributed by atoms with Gasteiger partial charge in [-0.05, 0) is 112 Å². The molecule has 12 atom stereocenters. The van der Waals surface area contributed by atoms with Gasteiger partial charge in [-0.1, -0.05) is 34.6 Å². The summed E-state index contributed by atoms with van der Waals surface area (Å²) in [6.07, 6.45) is 7.40. The Morgan fingerprint density at radius 3 is 2.23 bits per heavy atom. The summed E-state index contributed by atoms with van der Waals surface area (Å²) in [4.78, 5) is 24.1. The monoisotopic (exact) mass is 605 g/mol. The van der Waals surface area contributed by atoms with E-state index in [4.69, 9.17) is 19.9 Å². The number of aliphatic hydroxyl groups excluding tert-OH is 1. The average Bonchev–Trinajstić information content (AvgIpc) is 3.54. The van der Waals surface area contributed by atoms with Crippen molar-refractivity contribution in [1.82, 2.24) is 0 Å². The van der Waals surface area contributed by atoms with Crippen molar-refractivity contribution in [2.24, 2.45) is 56.5 Å². The SMILES string of the molecule is COC(C[C@@H](C)C1C[C@H](O)[C@@]2(C)C3CC[C@H]4C(C)(C)C(OC(=O)CN)CCC45CC35CCC12C)C(OC(C)=O)C(C)(C)O. The van der Waals surface area contributed by atoms with Crippen molar-refractivity contribution in [3.05, 3.63) is 0 Å². The van der Waals surface area contributed by atoms with Crippen molar-refractivity contribution >= 4 is 11.9 Å². The second-order valence-electron chi connectivity index (χ2n) is 16.9. The fourth-order valence-electron chi connectivity index (χ4n) is 12.4. The van der Waals surface area contributed by atoms with E-state index in [1.54, 1.807) is 21.0 Å². The van der Waals surface area contributed by atoms with E-state index in [1.807, 2.05) is 0 Å². The molecule has 0 aromatic heterocycles. The van der Waals surface area contributed by atoms with Gasteiger partial charge >= 0.3 is 11.9 Å². The van der Waals surface area contributed by atoms with Gasteiger partial charge in [-0.3, -0.25) is 9.59 Å². The van der Waals surface area contributed by atoms with E-state index >= 15 is 0 Å².